The van der Waals surface area contributed by atoms with Gasteiger partial charge in [0.25, 0.3) is 0 Å². The maximum atomic E-state index is 3.85. The van der Waals surface area contributed by atoms with Gasteiger partial charge in [-0.15, -0.1) is 0 Å². The third kappa shape index (κ3) is 1.77. The van der Waals surface area contributed by atoms with E-state index in [-0.39, 0.29) is 0 Å². The third-order valence-electron chi connectivity index (χ3n) is 0.435. The minimum atomic E-state index is 0.351. The molecule has 37 valence electrons. The molecule has 1 aliphatic rings. The van der Waals surface area contributed by atoms with Crippen LogP contribution in [-0.2, 0) is 0 Å². The fourth-order valence-corrected chi connectivity index (χ4v) is 4.77. The summed E-state index contributed by atoms with van der Waals surface area (Å²) in [6.07, 6.45) is 0. The predicted octanol–water partition coefficient (Wildman–Crippen LogP) is -1.14. The zero-order valence-corrected chi connectivity index (χ0v) is 8.34. The first kappa shape index (κ1) is 6.15. The summed E-state index contributed by atoms with van der Waals surface area (Å²) in [5.74, 6) is 0. The van der Waals surface area contributed by atoms with Gasteiger partial charge in [-0.25, -0.2) is 0 Å². The molecule has 0 aliphatic carbocycles. The number of hydrogen-bond donors (Lipinski definition) is 0. The molecule has 0 aromatic heterocycles. The Kier molecular flexibility index (Phi) is 2.23. The second kappa shape index (κ2) is 2.54. The summed E-state index contributed by atoms with van der Waals surface area (Å²) in [5.41, 5.74) is 0. The van der Waals surface area contributed by atoms with Crippen molar-refractivity contribution in [2.24, 2.45) is 10.2 Å². The van der Waals surface area contributed by atoms with Crippen molar-refractivity contribution < 1.29 is 0 Å². The number of azo groups is 1. The van der Waals surface area contributed by atoms with Gasteiger partial charge in [-0.05, 0) is 0 Å². The molecule has 1 unspecified atom stereocenters. The molecule has 0 aromatic rings. The summed E-state index contributed by atoms with van der Waals surface area (Å²) < 4.78 is 1.42. The quantitative estimate of drug-likeness (QED) is 0.504. The Labute approximate surface area is 63.9 Å². The van der Waals surface area contributed by atoms with Gasteiger partial charge in [0.15, 0.2) is 0 Å². The van der Waals surface area contributed by atoms with Crippen LogP contribution in [0, 0.1) is 0 Å². The van der Waals surface area contributed by atoms with Gasteiger partial charge >= 0.3 is 64.1 Å². The number of hydrogen-bond acceptors (Lipinski definition) is 2. The third-order valence-corrected chi connectivity index (χ3v) is 4.12. The van der Waals surface area contributed by atoms with Crippen LogP contribution < -0.4 is 0 Å². The first-order valence-electron chi connectivity index (χ1n) is 1.56. The Morgan fingerprint density at radius 3 is 2.57 bits per heavy atom. The van der Waals surface area contributed by atoms with Crippen molar-refractivity contribution in [1.29, 1.82) is 0 Å². The van der Waals surface area contributed by atoms with Crippen molar-refractivity contribution in [3.8, 4) is 0 Å². The molecule has 2 nitrogen and oxygen atoms in total. The van der Waals surface area contributed by atoms with Crippen LogP contribution in [0.2, 0.25) is 0 Å². The van der Waals surface area contributed by atoms with Crippen LogP contribution in [0.3, 0.4) is 0 Å². The fraction of sp³-hybridized carbons (Fsp3) is 0.500. The predicted molar refractivity (Wildman–Crippen MR) is 30.9 cm³/mol. The number of nitrogens with zero attached hydrogens (tertiary/aromatic N) is 2. The normalized spacial score (nSPS) is 29.3. The average Bonchev–Trinajstić information content (AvgIpc) is 1.87. The van der Waals surface area contributed by atoms with Crippen LogP contribution in [0.25, 0.3) is 0 Å². The molecule has 0 bridgehead atoms. The van der Waals surface area contributed by atoms with E-state index in [9.17, 15) is 0 Å². The van der Waals surface area contributed by atoms with E-state index in [1.165, 1.54) is 0 Å². The van der Waals surface area contributed by atoms with Crippen LogP contribution in [0.5, 0.6) is 0 Å². The van der Waals surface area contributed by atoms with E-state index in [2.05, 4.69) is 41.8 Å². The molecule has 0 saturated heterocycles. The molecular weight excluding hydrogens is 289 g/mol. The molecule has 7 heavy (non-hydrogen) atoms. The number of rotatable bonds is 0. The van der Waals surface area contributed by atoms with Crippen molar-refractivity contribution >= 4 is 50.0 Å². The van der Waals surface area contributed by atoms with Crippen molar-refractivity contribution in [2.45, 2.75) is 3.84 Å². The molecule has 1 aliphatic heterocycles. The Morgan fingerprint density at radius 2 is 2.43 bits per heavy atom. The first-order chi connectivity index (χ1) is 3.29. The summed E-state index contributed by atoms with van der Waals surface area (Å²) in [4.78, 5) is 0. The van der Waals surface area contributed by atoms with E-state index in [0.717, 1.165) is 3.44 Å². The van der Waals surface area contributed by atoms with Gasteiger partial charge in [0.1, 0.15) is 0 Å². The van der Waals surface area contributed by atoms with Gasteiger partial charge in [-0.1, -0.05) is 0 Å². The van der Waals surface area contributed by atoms with Crippen molar-refractivity contribution in [1.82, 2.24) is 0 Å². The van der Waals surface area contributed by atoms with Crippen LogP contribution in [-0.4, -0.2) is 53.8 Å². The van der Waals surface area contributed by atoms with E-state index in [1.54, 1.807) is 0 Å². The molecule has 1 radical (unpaired) electrons. The molecule has 5 heteroatoms. The van der Waals surface area contributed by atoms with Crippen molar-refractivity contribution in [2.75, 3.05) is 0 Å². The zero-order valence-electron chi connectivity index (χ0n) is 3.20. The Morgan fingerprint density at radius 1 is 1.71 bits per heavy atom. The first-order valence-corrected chi connectivity index (χ1v) is 5.25. The van der Waals surface area contributed by atoms with Gasteiger partial charge in [0.05, 0.1) is 0 Å². The molecule has 1 atom stereocenters. The van der Waals surface area contributed by atoms with Gasteiger partial charge in [0, 0.05) is 0 Å². The molecule has 0 fully saturated rings. The monoisotopic (exact) mass is 293 g/mol. The van der Waals surface area contributed by atoms with Crippen LogP contribution in [0.4, 0.5) is 0 Å². The van der Waals surface area contributed by atoms with Crippen LogP contribution >= 0.6 is 0 Å². The molecular formula is C2HN2Se3. The van der Waals surface area contributed by atoms with E-state index in [1.807, 2.05) is 0 Å². The zero-order chi connectivity index (χ0) is 5.28. The van der Waals surface area contributed by atoms with Crippen LogP contribution in [0.1, 0.15) is 0 Å². The topological polar surface area (TPSA) is 24.7 Å². The van der Waals surface area contributed by atoms with E-state index >= 15 is 0 Å². The second-order valence-electron chi connectivity index (χ2n) is 0.906. The van der Waals surface area contributed by atoms with Gasteiger partial charge in [-0.2, -0.15) is 0 Å². The average molecular weight is 290 g/mol. The van der Waals surface area contributed by atoms with Crippen LogP contribution in [0.15, 0.2) is 10.2 Å². The SMILES string of the molecule is [Se]C1N=NC(=[Se])[Se]1. The van der Waals surface area contributed by atoms with Gasteiger partial charge in [-0.3, -0.25) is 0 Å². The Hall–Kier alpha value is 1.03. The Bertz CT molecular complexity index is 120. The summed E-state index contributed by atoms with van der Waals surface area (Å²) in [6, 6.07) is 0. The van der Waals surface area contributed by atoms with E-state index in [0.29, 0.717) is 18.8 Å². The fourth-order valence-electron chi connectivity index (χ4n) is 0.228. The summed E-state index contributed by atoms with van der Waals surface area (Å²) in [6.45, 7) is 0. The van der Waals surface area contributed by atoms with Gasteiger partial charge < -0.3 is 0 Å². The van der Waals surface area contributed by atoms with E-state index in [4.69, 9.17) is 0 Å². The molecule has 0 spiro atoms. The van der Waals surface area contributed by atoms with E-state index < -0.39 is 0 Å². The van der Waals surface area contributed by atoms with Crippen molar-refractivity contribution in [3.05, 3.63) is 0 Å². The standard InChI is InChI=1S/C2HN2Se3/c5-1-3-4-2(6)7-1/h1H. The molecule has 0 saturated carbocycles. The molecule has 0 amide bonds. The molecule has 1 rings (SSSR count). The molecule has 0 aromatic carbocycles. The second-order valence-corrected chi connectivity index (χ2v) is 7.72. The van der Waals surface area contributed by atoms with Crippen molar-refractivity contribution in [3.63, 3.8) is 0 Å². The summed E-state index contributed by atoms with van der Waals surface area (Å²) in [5, 5.41) is 7.65. The summed E-state index contributed by atoms with van der Waals surface area (Å²) in [7, 11) is 0. The maximum absolute atomic E-state index is 3.85. The molecule has 0 N–H and O–H groups in total. The summed E-state index contributed by atoms with van der Waals surface area (Å²) >= 11 is 6.19. The Balaban J connectivity index is 2.58. The van der Waals surface area contributed by atoms with Gasteiger partial charge in [0.2, 0.25) is 0 Å². The minimum absolute atomic E-state index is 0.351. The molecule has 1 heterocycles.